The molecular weight excluding hydrogens is 221 g/mol. The maximum atomic E-state index is 13.3. The minimum Gasteiger partial charge on any atom is -0.373 e. The van der Waals surface area contributed by atoms with Gasteiger partial charge in [-0.05, 0) is 36.1 Å². The van der Waals surface area contributed by atoms with Crippen LogP contribution in [0, 0.1) is 5.82 Å². The number of rotatable bonds is 6. The van der Waals surface area contributed by atoms with Gasteiger partial charge in [0.15, 0.2) is 0 Å². The van der Waals surface area contributed by atoms with Gasteiger partial charge in [0.2, 0.25) is 0 Å². The lowest BCUT2D eigenvalue weighted by atomic mass is 10.0. The number of unbranched alkanes of at least 4 members (excludes halogenated alkanes) is 2. The average Bonchev–Trinajstić information content (AvgIpc) is 2.28. The molecule has 2 N–H and O–H groups in total. The van der Waals surface area contributed by atoms with Crippen LogP contribution < -0.4 is 5.90 Å². The highest BCUT2D eigenvalue weighted by Gasteiger charge is 2.06. The molecule has 0 unspecified atom stereocenters. The van der Waals surface area contributed by atoms with Crippen LogP contribution in [-0.4, -0.2) is 5.97 Å². The fourth-order valence-electron chi connectivity index (χ4n) is 1.75. The zero-order valence-electron chi connectivity index (χ0n) is 10.0. The SMILES string of the molecule is CCCCCc1cc(F)cc(CC(=O)ON)c1. The first-order chi connectivity index (χ1) is 8.15. The van der Waals surface area contributed by atoms with E-state index in [9.17, 15) is 9.18 Å². The van der Waals surface area contributed by atoms with Crippen LogP contribution in [0.15, 0.2) is 18.2 Å². The van der Waals surface area contributed by atoms with Gasteiger partial charge in [-0.1, -0.05) is 25.8 Å². The number of halogens is 1. The smallest absolute Gasteiger partial charge is 0.328 e. The summed E-state index contributed by atoms with van der Waals surface area (Å²) in [7, 11) is 0. The van der Waals surface area contributed by atoms with Crippen LogP contribution >= 0.6 is 0 Å². The second kappa shape index (κ2) is 7.01. The topological polar surface area (TPSA) is 52.3 Å². The lowest BCUT2D eigenvalue weighted by Crippen LogP contribution is -2.12. The van der Waals surface area contributed by atoms with Crippen molar-refractivity contribution in [1.29, 1.82) is 0 Å². The lowest BCUT2D eigenvalue weighted by Gasteiger charge is -2.05. The van der Waals surface area contributed by atoms with Crippen molar-refractivity contribution in [3.05, 3.63) is 35.1 Å². The van der Waals surface area contributed by atoms with Crippen LogP contribution in [0.25, 0.3) is 0 Å². The summed E-state index contributed by atoms with van der Waals surface area (Å²) in [6.07, 6.45) is 4.12. The van der Waals surface area contributed by atoms with Gasteiger partial charge in [-0.3, -0.25) is 4.79 Å². The van der Waals surface area contributed by atoms with Gasteiger partial charge in [-0.25, -0.2) is 4.39 Å². The summed E-state index contributed by atoms with van der Waals surface area (Å²) in [4.78, 5) is 15.1. The third-order valence-corrected chi connectivity index (χ3v) is 2.57. The summed E-state index contributed by atoms with van der Waals surface area (Å²) in [5, 5.41) is 0. The van der Waals surface area contributed by atoms with Crippen molar-refractivity contribution in [2.24, 2.45) is 5.90 Å². The van der Waals surface area contributed by atoms with E-state index in [4.69, 9.17) is 5.90 Å². The van der Waals surface area contributed by atoms with Crippen LogP contribution in [0.5, 0.6) is 0 Å². The normalized spacial score (nSPS) is 10.3. The number of benzene rings is 1. The fourth-order valence-corrected chi connectivity index (χ4v) is 1.75. The molecule has 0 saturated carbocycles. The van der Waals surface area contributed by atoms with Gasteiger partial charge < -0.3 is 4.84 Å². The number of carbonyl (C=O) groups is 1. The van der Waals surface area contributed by atoms with Crippen LogP contribution in [0.4, 0.5) is 4.39 Å². The van der Waals surface area contributed by atoms with Gasteiger partial charge >= 0.3 is 5.97 Å². The summed E-state index contributed by atoms with van der Waals surface area (Å²) in [5.74, 6) is 3.87. The molecule has 0 radical (unpaired) electrons. The molecule has 3 nitrogen and oxygen atoms in total. The predicted octanol–water partition coefficient (Wildman–Crippen LogP) is 2.52. The van der Waals surface area contributed by atoms with Gasteiger partial charge in [-0.15, -0.1) is 0 Å². The van der Waals surface area contributed by atoms with Crippen LogP contribution in [0.1, 0.15) is 37.3 Å². The fraction of sp³-hybridized carbons (Fsp3) is 0.462. The number of carbonyl (C=O) groups excluding carboxylic acids is 1. The Balaban J connectivity index is 2.68. The van der Waals surface area contributed by atoms with Crippen molar-refractivity contribution >= 4 is 5.97 Å². The summed E-state index contributed by atoms with van der Waals surface area (Å²) in [6, 6.07) is 4.67. The standard InChI is InChI=1S/C13H18FNO2/c1-2-3-4-5-10-6-11(8-12(14)7-10)9-13(16)17-15/h6-8H,2-5,9,15H2,1H3. The maximum absolute atomic E-state index is 13.3. The van der Waals surface area contributed by atoms with Crippen molar-refractivity contribution in [3.63, 3.8) is 0 Å². The van der Waals surface area contributed by atoms with Crippen molar-refractivity contribution in [3.8, 4) is 0 Å². The number of hydrogen-bond acceptors (Lipinski definition) is 3. The predicted molar refractivity (Wildman–Crippen MR) is 63.6 cm³/mol. The molecule has 17 heavy (non-hydrogen) atoms. The molecule has 0 heterocycles. The van der Waals surface area contributed by atoms with E-state index in [-0.39, 0.29) is 12.2 Å². The molecule has 4 heteroatoms. The molecule has 0 aliphatic heterocycles. The second-order valence-electron chi connectivity index (χ2n) is 4.09. The summed E-state index contributed by atoms with van der Waals surface area (Å²) in [6.45, 7) is 2.12. The molecule has 0 amide bonds. The Morgan fingerprint density at radius 2 is 2.00 bits per heavy atom. The van der Waals surface area contributed by atoms with E-state index in [1.165, 1.54) is 12.1 Å². The quantitative estimate of drug-likeness (QED) is 0.613. The van der Waals surface area contributed by atoms with E-state index in [2.05, 4.69) is 11.8 Å². The van der Waals surface area contributed by atoms with Crippen LogP contribution in [0.3, 0.4) is 0 Å². The number of nitrogens with two attached hydrogens (primary N) is 1. The molecule has 1 aromatic rings. The Morgan fingerprint density at radius 3 is 2.65 bits per heavy atom. The molecule has 0 atom stereocenters. The third-order valence-electron chi connectivity index (χ3n) is 2.57. The Morgan fingerprint density at radius 1 is 1.29 bits per heavy atom. The molecule has 0 spiro atoms. The van der Waals surface area contributed by atoms with Gasteiger partial charge in [0.1, 0.15) is 5.82 Å². The van der Waals surface area contributed by atoms with Crippen molar-refractivity contribution < 1.29 is 14.0 Å². The van der Waals surface area contributed by atoms with Gasteiger partial charge in [0.25, 0.3) is 0 Å². The molecule has 0 aliphatic rings. The zero-order valence-corrected chi connectivity index (χ0v) is 10.0. The Kier molecular flexibility index (Phi) is 5.63. The highest BCUT2D eigenvalue weighted by molar-refractivity contribution is 5.72. The van der Waals surface area contributed by atoms with E-state index >= 15 is 0 Å². The minimum atomic E-state index is -0.560. The van der Waals surface area contributed by atoms with Crippen LogP contribution in [-0.2, 0) is 22.5 Å². The lowest BCUT2D eigenvalue weighted by molar-refractivity contribution is -0.143. The van der Waals surface area contributed by atoms with E-state index in [0.29, 0.717) is 5.56 Å². The van der Waals surface area contributed by atoms with E-state index in [1.54, 1.807) is 0 Å². The van der Waals surface area contributed by atoms with Gasteiger partial charge in [-0.2, -0.15) is 5.90 Å². The Hall–Kier alpha value is -1.42. The van der Waals surface area contributed by atoms with E-state index < -0.39 is 5.97 Å². The Labute approximate surface area is 101 Å². The first-order valence-electron chi connectivity index (χ1n) is 5.83. The van der Waals surface area contributed by atoms with Crippen molar-refractivity contribution in [2.45, 2.75) is 39.0 Å². The molecule has 94 valence electrons. The van der Waals surface area contributed by atoms with E-state index in [0.717, 1.165) is 31.2 Å². The van der Waals surface area contributed by atoms with Gasteiger partial charge in [0, 0.05) is 0 Å². The van der Waals surface area contributed by atoms with Crippen molar-refractivity contribution in [2.75, 3.05) is 0 Å². The molecule has 0 aromatic heterocycles. The second-order valence-corrected chi connectivity index (χ2v) is 4.09. The zero-order chi connectivity index (χ0) is 12.7. The summed E-state index contributed by atoms with van der Waals surface area (Å²) >= 11 is 0. The maximum Gasteiger partial charge on any atom is 0.328 e. The Bertz CT molecular complexity index is 380. The highest BCUT2D eigenvalue weighted by Crippen LogP contribution is 2.13. The first-order valence-corrected chi connectivity index (χ1v) is 5.83. The minimum absolute atomic E-state index is 0.00897. The monoisotopic (exact) mass is 239 g/mol. The molecule has 1 aromatic carbocycles. The highest BCUT2D eigenvalue weighted by atomic mass is 19.1. The summed E-state index contributed by atoms with van der Waals surface area (Å²) < 4.78 is 13.3. The molecule has 0 aliphatic carbocycles. The van der Waals surface area contributed by atoms with Crippen molar-refractivity contribution in [1.82, 2.24) is 0 Å². The average molecular weight is 239 g/mol. The van der Waals surface area contributed by atoms with Crippen LogP contribution in [0.2, 0.25) is 0 Å². The number of hydrogen-bond donors (Lipinski definition) is 1. The first kappa shape index (κ1) is 13.6. The molecule has 0 bridgehead atoms. The molecular formula is C13H18FNO2. The summed E-state index contributed by atoms with van der Waals surface area (Å²) in [5.41, 5.74) is 1.52. The molecule has 1 rings (SSSR count). The molecule has 0 fully saturated rings. The molecule has 0 saturated heterocycles. The number of aryl methyl sites for hydroxylation is 1. The largest absolute Gasteiger partial charge is 0.373 e. The van der Waals surface area contributed by atoms with E-state index in [1.807, 2.05) is 6.07 Å². The van der Waals surface area contributed by atoms with Gasteiger partial charge in [0.05, 0.1) is 6.42 Å². The third kappa shape index (κ3) is 4.95.